The van der Waals surface area contributed by atoms with Gasteiger partial charge in [0.1, 0.15) is 6.04 Å². The Balaban J connectivity index is 2.44. The fraction of sp³-hybridized carbons (Fsp3) is 0.857. The zero-order valence-electron chi connectivity index (χ0n) is 12.3. The Morgan fingerprint density at radius 2 is 2.00 bits per heavy atom. The highest BCUT2D eigenvalue weighted by atomic mass is 16.4. The minimum absolute atomic E-state index is 0.0819. The van der Waals surface area contributed by atoms with Crippen LogP contribution in [0.4, 0.5) is 0 Å². The smallest absolute Gasteiger partial charge is 0.320 e. The summed E-state index contributed by atoms with van der Waals surface area (Å²) in [6.45, 7) is 6.12. The number of amides is 1. The van der Waals surface area contributed by atoms with Gasteiger partial charge in [-0.25, -0.2) is 0 Å². The molecule has 0 spiro atoms. The maximum atomic E-state index is 12.0. The number of nitrogens with zero attached hydrogens (tertiary/aromatic N) is 1. The first-order chi connectivity index (χ1) is 8.82. The SMILES string of the molecule is CC1CCCC(NC(=O)CN(C)C(C)C(=O)O)C1C. The second-order valence-corrected chi connectivity index (χ2v) is 5.87. The summed E-state index contributed by atoms with van der Waals surface area (Å²) in [7, 11) is 1.66. The van der Waals surface area contributed by atoms with E-state index in [0.717, 1.165) is 12.8 Å². The molecule has 0 saturated heterocycles. The molecule has 0 aromatic heterocycles. The highest BCUT2D eigenvalue weighted by Crippen LogP contribution is 2.29. The van der Waals surface area contributed by atoms with Crippen LogP contribution in [0.2, 0.25) is 0 Å². The number of rotatable bonds is 5. The van der Waals surface area contributed by atoms with E-state index in [1.54, 1.807) is 18.9 Å². The molecular formula is C14H26N2O3. The van der Waals surface area contributed by atoms with Crippen molar-refractivity contribution in [3.8, 4) is 0 Å². The summed E-state index contributed by atoms with van der Waals surface area (Å²) >= 11 is 0. The molecule has 1 saturated carbocycles. The maximum Gasteiger partial charge on any atom is 0.320 e. The van der Waals surface area contributed by atoms with Crippen molar-refractivity contribution in [3.63, 3.8) is 0 Å². The van der Waals surface area contributed by atoms with E-state index in [1.165, 1.54) is 6.42 Å². The van der Waals surface area contributed by atoms with E-state index in [-0.39, 0.29) is 18.5 Å². The lowest BCUT2D eigenvalue weighted by Crippen LogP contribution is -2.48. The lowest BCUT2D eigenvalue weighted by atomic mass is 9.78. The summed E-state index contributed by atoms with van der Waals surface area (Å²) in [5, 5.41) is 11.9. The van der Waals surface area contributed by atoms with Crippen LogP contribution in [-0.4, -0.2) is 47.6 Å². The third-order valence-corrected chi connectivity index (χ3v) is 4.46. The summed E-state index contributed by atoms with van der Waals surface area (Å²) in [4.78, 5) is 24.3. The fourth-order valence-corrected chi connectivity index (χ4v) is 2.59. The number of likely N-dealkylation sites (N-methyl/N-ethyl adjacent to an activating group) is 1. The molecule has 5 nitrogen and oxygen atoms in total. The second-order valence-electron chi connectivity index (χ2n) is 5.87. The molecule has 0 bridgehead atoms. The Labute approximate surface area is 115 Å². The number of hydrogen-bond acceptors (Lipinski definition) is 3. The molecule has 1 aliphatic rings. The van der Waals surface area contributed by atoms with E-state index < -0.39 is 12.0 Å². The van der Waals surface area contributed by atoms with Gasteiger partial charge in [0, 0.05) is 6.04 Å². The second kappa shape index (κ2) is 6.89. The fourth-order valence-electron chi connectivity index (χ4n) is 2.59. The van der Waals surface area contributed by atoms with Gasteiger partial charge in [-0.2, -0.15) is 0 Å². The van der Waals surface area contributed by atoms with Crippen molar-refractivity contribution < 1.29 is 14.7 Å². The number of carboxylic acid groups (broad SMARTS) is 1. The average Bonchev–Trinajstić information content (AvgIpc) is 2.33. The summed E-state index contributed by atoms with van der Waals surface area (Å²) in [6, 6.07) is -0.418. The largest absolute Gasteiger partial charge is 0.480 e. The predicted molar refractivity (Wildman–Crippen MR) is 73.8 cm³/mol. The zero-order valence-corrected chi connectivity index (χ0v) is 12.3. The molecule has 1 rings (SSSR count). The molecule has 0 aromatic carbocycles. The van der Waals surface area contributed by atoms with Gasteiger partial charge in [0.15, 0.2) is 0 Å². The highest BCUT2D eigenvalue weighted by molar-refractivity contribution is 5.80. The van der Waals surface area contributed by atoms with Crippen LogP contribution in [-0.2, 0) is 9.59 Å². The molecule has 4 atom stereocenters. The van der Waals surface area contributed by atoms with E-state index >= 15 is 0 Å². The van der Waals surface area contributed by atoms with Gasteiger partial charge in [-0.05, 0) is 32.2 Å². The van der Waals surface area contributed by atoms with Crippen molar-refractivity contribution >= 4 is 11.9 Å². The minimum Gasteiger partial charge on any atom is -0.480 e. The van der Waals surface area contributed by atoms with Crippen molar-refractivity contribution in [2.24, 2.45) is 11.8 Å². The minimum atomic E-state index is -0.907. The molecule has 1 amide bonds. The Bertz CT molecular complexity index is 333. The number of carbonyl (C=O) groups is 2. The molecule has 5 heteroatoms. The van der Waals surface area contributed by atoms with Gasteiger partial charge < -0.3 is 10.4 Å². The van der Waals surface area contributed by atoms with E-state index in [0.29, 0.717) is 11.8 Å². The molecule has 1 fully saturated rings. The molecule has 19 heavy (non-hydrogen) atoms. The predicted octanol–water partition coefficient (Wildman–Crippen LogP) is 1.33. The summed E-state index contributed by atoms with van der Waals surface area (Å²) < 4.78 is 0. The zero-order chi connectivity index (χ0) is 14.6. The lowest BCUT2D eigenvalue weighted by Gasteiger charge is -2.35. The standard InChI is InChI=1S/C14H26N2O3/c1-9-6-5-7-12(10(9)2)15-13(17)8-16(4)11(3)14(18)19/h9-12H,5-8H2,1-4H3,(H,15,17)(H,18,19). The van der Waals surface area contributed by atoms with Crippen LogP contribution in [0.15, 0.2) is 0 Å². The molecule has 0 aromatic rings. The van der Waals surface area contributed by atoms with Gasteiger partial charge in [-0.1, -0.05) is 26.7 Å². The Hall–Kier alpha value is -1.10. The molecule has 0 heterocycles. The lowest BCUT2D eigenvalue weighted by molar-refractivity contribution is -0.142. The van der Waals surface area contributed by atoms with Gasteiger partial charge in [-0.3, -0.25) is 14.5 Å². The Kier molecular flexibility index (Phi) is 5.79. The normalized spacial score (nSPS) is 29.0. The molecule has 4 unspecified atom stereocenters. The number of carboxylic acids is 1. The molecule has 2 N–H and O–H groups in total. The summed E-state index contributed by atoms with van der Waals surface area (Å²) in [6.07, 6.45) is 3.40. The van der Waals surface area contributed by atoms with Gasteiger partial charge >= 0.3 is 5.97 Å². The van der Waals surface area contributed by atoms with E-state index in [1.807, 2.05) is 0 Å². The molecule has 0 radical (unpaired) electrons. The van der Waals surface area contributed by atoms with Crippen LogP contribution < -0.4 is 5.32 Å². The first-order valence-corrected chi connectivity index (χ1v) is 7.05. The summed E-state index contributed by atoms with van der Waals surface area (Å²) in [5.74, 6) is 0.131. The molecule has 0 aliphatic heterocycles. The van der Waals surface area contributed by atoms with Crippen molar-refractivity contribution in [2.75, 3.05) is 13.6 Å². The molecular weight excluding hydrogens is 244 g/mol. The average molecular weight is 270 g/mol. The van der Waals surface area contributed by atoms with Gasteiger partial charge in [-0.15, -0.1) is 0 Å². The first-order valence-electron chi connectivity index (χ1n) is 7.05. The van der Waals surface area contributed by atoms with Crippen LogP contribution >= 0.6 is 0 Å². The third-order valence-electron chi connectivity index (χ3n) is 4.46. The van der Waals surface area contributed by atoms with E-state index in [2.05, 4.69) is 19.2 Å². The molecule has 1 aliphatic carbocycles. The van der Waals surface area contributed by atoms with Crippen molar-refractivity contribution in [1.29, 1.82) is 0 Å². The van der Waals surface area contributed by atoms with E-state index in [9.17, 15) is 9.59 Å². The number of nitrogens with one attached hydrogen (secondary N) is 1. The first kappa shape index (κ1) is 16.0. The van der Waals surface area contributed by atoms with Crippen molar-refractivity contribution in [2.45, 2.75) is 52.1 Å². The van der Waals surface area contributed by atoms with Gasteiger partial charge in [0.25, 0.3) is 0 Å². The van der Waals surface area contributed by atoms with Crippen LogP contribution in [0.5, 0.6) is 0 Å². The highest BCUT2D eigenvalue weighted by Gasteiger charge is 2.28. The maximum absolute atomic E-state index is 12.0. The topological polar surface area (TPSA) is 69.6 Å². The van der Waals surface area contributed by atoms with E-state index in [4.69, 9.17) is 5.11 Å². The Morgan fingerprint density at radius 3 is 2.58 bits per heavy atom. The monoisotopic (exact) mass is 270 g/mol. The van der Waals surface area contributed by atoms with Crippen LogP contribution in [0.3, 0.4) is 0 Å². The van der Waals surface area contributed by atoms with Crippen LogP contribution in [0.1, 0.15) is 40.0 Å². The van der Waals surface area contributed by atoms with Crippen molar-refractivity contribution in [3.05, 3.63) is 0 Å². The van der Waals surface area contributed by atoms with Gasteiger partial charge in [0.2, 0.25) is 5.91 Å². The van der Waals surface area contributed by atoms with Gasteiger partial charge in [0.05, 0.1) is 6.54 Å². The third kappa shape index (κ3) is 4.49. The number of carbonyl (C=O) groups excluding carboxylic acids is 1. The number of hydrogen-bond donors (Lipinski definition) is 2. The Morgan fingerprint density at radius 1 is 1.37 bits per heavy atom. The quantitative estimate of drug-likeness (QED) is 0.791. The summed E-state index contributed by atoms with van der Waals surface area (Å²) in [5.41, 5.74) is 0. The van der Waals surface area contributed by atoms with Crippen LogP contribution in [0.25, 0.3) is 0 Å². The molecule has 110 valence electrons. The van der Waals surface area contributed by atoms with Crippen molar-refractivity contribution in [1.82, 2.24) is 10.2 Å². The van der Waals surface area contributed by atoms with Crippen LogP contribution in [0, 0.1) is 11.8 Å². The number of aliphatic carboxylic acids is 1.